The molecule has 62 valence electrons. The van der Waals surface area contributed by atoms with Crippen LogP contribution in [0.3, 0.4) is 0 Å². The van der Waals surface area contributed by atoms with Crippen LogP contribution in [-0.2, 0) is 0 Å². The highest BCUT2D eigenvalue weighted by Gasteiger charge is 2.04. The molecule has 0 aliphatic carbocycles. The number of rotatable bonds is 1. The summed E-state index contributed by atoms with van der Waals surface area (Å²) in [5.74, 6) is 0.721. The van der Waals surface area contributed by atoms with Gasteiger partial charge in [-0.1, -0.05) is 0 Å². The van der Waals surface area contributed by atoms with Crippen LogP contribution in [0.15, 0.2) is 17.0 Å². The summed E-state index contributed by atoms with van der Waals surface area (Å²) in [5, 5.41) is 10.6. The minimum absolute atomic E-state index is 0.721. The molecule has 0 aromatic carbocycles. The van der Waals surface area contributed by atoms with Crippen LogP contribution in [-0.4, -0.2) is 26.6 Å². The third kappa shape index (κ3) is 0.953. The maximum atomic E-state index is 4.12. The van der Waals surface area contributed by atoms with Gasteiger partial charge in [-0.15, -0.1) is 10.2 Å². The molecule has 2 heterocycles. The molecule has 2 aromatic rings. The monoisotopic (exact) mass is 227 g/mol. The Labute approximate surface area is 77.0 Å². The van der Waals surface area contributed by atoms with Crippen molar-refractivity contribution in [1.82, 2.24) is 19.6 Å². The highest BCUT2D eigenvalue weighted by Crippen LogP contribution is 2.16. The van der Waals surface area contributed by atoms with E-state index in [1.54, 1.807) is 24.0 Å². The molecule has 6 heteroatoms. The van der Waals surface area contributed by atoms with Gasteiger partial charge in [-0.25, -0.2) is 4.98 Å². The number of nitrogens with one attached hydrogen (secondary N) is 1. The van der Waals surface area contributed by atoms with Gasteiger partial charge in [0, 0.05) is 13.2 Å². The summed E-state index contributed by atoms with van der Waals surface area (Å²) in [7, 11) is 1.80. The fourth-order valence-electron chi connectivity index (χ4n) is 0.976. The van der Waals surface area contributed by atoms with Crippen LogP contribution in [0.4, 0.5) is 5.95 Å². The molecule has 0 unspecified atom stereocenters. The standard InChI is InChI=1S/C6H6BrN5/c1-8-6-9-2-4(7)5-11-10-3-12(5)6/h2-3H,1H3,(H,8,9). The number of anilines is 1. The van der Waals surface area contributed by atoms with Gasteiger partial charge in [0.15, 0.2) is 5.65 Å². The molecule has 12 heavy (non-hydrogen) atoms. The SMILES string of the molecule is CNc1ncc(Br)c2nncn12. The second-order valence-electron chi connectivity index (χ2n) is 2.20. The number of aromatic nitrogens is 4. The first-order valence-electron chi connectivity index (χ1n) is 3.35. The van der Waals surface area contributed by atoms with Crippen molar-refractivity contribution in [2.45, 2.75) is 0 Å². The molecule has 0 saturated heterocycles. The van der Waals surface area contributed by atoms with Crippen molar-refractivity contribution < 1.29 is 0 Å². The Bertz CT molecular complexity index is 409. The summed E-state index contributed by atoms with van der Waals surface area (Å²) in [6.07, 6.45) is 3.30. The zero-order valence-electron chi connectivity index (χ0n) is 6.32. The van der Waals surface area contributed by atoms with Crippen LogP contribution in [0.25, 0.3) is 5.65 Å². The van der Waals surface area contributed by atoms with E-state index >= 15 is 0 Å². The minimum atomic E-state index is 0.721. The van der Waals surface area contributed by atoms with Gasteiger partial charge in [0.1, 0.15) is 6.33 Å². The molecule has 2 aromatic heterocycles. The van der Waals surface area contributed by atoms with Crippen molar-refractivity contribution in [2.24, 2.45) is 0 Å². The van der Waals surface area contributed by atoms with Crippen molar-refractivity contribution in [2.75, 3.05) is 12.4 Å². The maximum absolute atomic E-state index is 4.12. The predicted octanol–water partition coefficient (Wildman–Crippen LogP) is 0.928. The lowest BCUT2D eigenvalue weighted by atomic mass is 10.6. The Morgan fingerprint density at radius 2 is 2.42 bits per heavy atom. The van der Waals surface area contributed by atoms with E-state index in [4.69, 9.17) is 0 Å². The van der Waals surface area contributed by atoms with Gasteiger partial charge in [0.25, 0.3) is 0 Å². The molecule has 2 rings (SSSR count). The highest BCUT2D eigenvalue weighted by atomic mass is 79.9. The lowest BCUT2D eigenvalue weighted by Crippen LogP contribution is -2.00. The van der Waals surface area contributed by atoms with Crippen LogP contribution in [0.1, 0.15) is 0 Å². The van der Waals surface area contributed by atoms with Gasteiger partial charge < -0.3 is 5.32 Å². The van der Waals surface area contributed by atoms with Gasteiger partial charge >= 0.3 is 0 Å². The first kappa shape index (κ1) is 7.48. The Hall–Kier alpha value is -1.17. The highest BCUT2D eigenvalue weighted by molar-refractivity contribution is 9.10. The number of nitrogens with zero attached hydrogens (tertiary/aromatic N) is 4. The molecule has 0 bridgehead atoms. The third-order valence-electron chi connectivity index (χ3n) is 1.51. The molecule has 0 spiro atoms. The van der Waals surface area contributed by atoms with Gasteiger partial charge in [-0.05, 0) is 15.9 Å². The smallest absolute Gasteiger partial charge is 0.209 e. The topological polar surface area (TPSA) is 55.1 Å². The molecule has 1 N–H and O–H groups in total. The number of hydrogen-bond donors (Lipinski definition) is 1. The molecule has 0 radical (unpaired) electrons. The predicted molar refractivity (Wildman–Crippen MR) is 48.0 cm³/mol. The van der Waals surface area contributed by atoms with Crippen LogP contribution in [0.2, 0.25) is 0 Å². The van der Waals surface area contributed by atoms with Gasteiger partial charge in [0.05, 0.1) is 4.47 Å². The fraction of sp³-hybridized carbons (Fsp3) is 0.167. The zero-order valence-corrected chi connectivity index (χ0v) is 7.91. The Kier molecular flexibility index (Phi) is 1.69. The van der Waals surface area contributed by atoms with E-state index in [-0.39, 0.29) is 0 Å². The summed E-state index contributed by atoms with van der Waals surface area (Å²) < 4.78 is 2.60. The minimum Gasteiger partial charge on any atom is -0.358 e. The Morgan fingerprint density at radius 1 is 1.58 bits per heavy atom. The van der Waals surface area contributed by atoms with Crippen LogP contribution in [0, 0.1) is 0 Å². The van der Waals surface area contributed by atoms with Gasteiger partial charge in [-0.2, -0.15) is 0 Å². The van der Waals surface area contributed by atoms with E-state index in [9.17, 15) is 0 Å². The lowest BCUT2D eigenvalue weighted by Gasteiger charge is -2.01. The molecule has 0 saturated carbocycles. The van der Waals surface area contributed by atoms with Gasteiger partial charge in [-0.3, -0.25) is 4.40 Å². The van der Waals surface area contributed by atoms with Crippen LogP contribution >= 0.6 is 15.9 Å². The first-order valence-corrected chi connectivity index (χ1v) is 4.14. The molecule has 5 nitrogen and oxygen atoms in total. The van der Waals surface area contributed by atoms with Crippen molar-refractivity contribution in [1.29, 1.82) is 0 Å². The molecule has 0 aliphatic heterocycles. The largest absolute Gasteiger partial charge is 0.358 e. The van der Waals surface area contributed by atoms with E-state index in [1.165, 1.54) is 0 Å². The molecule has 0 amide bonds. The number of fused-ring (bicyclic) bond motifs is 1. The average Bonchev–Trinajstić information content (AvgIpc) is 2.54. The van der Waals surface area contributed by atoms with Crippen molar-refractivity contribution in [3.63, 3.8) is 0 Å². The molecule has 0 atom stereocenters. The first-order chi connectivity index (χ1) is 5.83. The number of halogens is 1. The summed E-state index contributed by atoms with van der Waals surface area (Å²) in [5.41, 5.74) is 0.759. The maximum Gasteiger partial charge on any atom is 0.209 e. The van der Waals surface area contributed by atoms with Crippen molar-refractivity contribution in [3.8, 4) is 0 Å². The molecule has 0 aliphatic rings. The van der Waals surface area contributed by atoms with E-state index in [2.05, 4.69) is 36.4 Å². The van der Waals surface area contributed by atoms with Gasteiger partial charge in [0.2, 0.25) is 5.95 Å². The van der Waals surface area contributed by atoms with E-state index in [0.29, 0.717) is 0 Å². The number of hydrogen-bond acceptors (Lipinski definition) is 4. The van der Waals surface area contributed by atoms with Crippen molar-refractivity contribution in [3.05, 3.63) is 17.0 Å². The zero-order chi connectivity index (χ0) is 8.55. The summed E-state index contributed by atoms with van der Waals surface area (Å²) in [4.78, 5) is 4.12. The Morgan fingerprint density at radius 3 is 3.17 bits per heavy atom. The fourth-order valence-corrected chi connectivity index (χ4v) is 1.35. The second kappa shape index (κ2) is 2.71. The summed E-state index contributed by atoms with van der Waals surface area (Å²) in [6, 6.07) is 0. The lowest BCUT2D eigenvalue weighted by molar-refractivity contribution is 1.06. The van der Waals surface area contributed by atoms with E-state index < -0.39 is 0 Å². The average molecular weight is 228 g/mol. The second-order valence-corrected chi connectivity index (χ2v) is 3.06. The molecular formula is C6H6BrN5. The molecule has 0 fully saturated rings. The quantitative estimate of drug-likeness (QED) is 0.788. The summed E-state index contributed by atoms with van der Waals surface area (Å²) in [6.45, 7) is 0. The van der Waals surface area contributed by atoms with Crippen molar-refractivity contribution >= 4 is 27.5 Å². The van der Waals surface area contributed by atoms with E-state index in [1.807, 2.05) is 0 Å². The summed E-state index contributed by atoms with van der Waals surface area (Å²) >= 11 is 3.33. The third-order valence-corrected chi connectivity index (χ3v) is 2.07. The normalized spacial score (nSPS) is 10.5. The van der Waals surface area contributed by atoms with Crippen LogP contribution in [0.5, 0.6) is 0 Å². The van der Waals surface area contributed by atoms with E-state index in [0.717, 1.165) is 16.1 Å². The Balaban J connectivity index is 2.82. The molecular weight excluding hydrogens is 222 g/mol. The van der Waals surface area contributed by atoms with Crippen LogP contribution < -0.4 is 5.32 Å².